The second-order valence-corrected chi connectivity index (χ2v) is 6.73. The Kier molecular flexibility index (Phi) is 10.1. The molecule has 0 saturated carbocycles. The van der Waals surface area contributed by atoms with Crippen molar-refractivity contribution in [2.24, 2.45) is 16.6 Å². The van der Waals surface area contributed by atoms with Crippen LogP contribution in [0.5, 0.6) is 0 Å². The molecule has 24 heavy (non-hydrogen) atoms. The minimum Gasteiger partial charge on any atom is -0.370 e. The number of hydrogen-bond donors (Lipinski definition) is 2. The van der Waals surface area contributed by atoms with E-state index in [0.717, 1.165) is 37.4 Å². The number of nitrogens with zero attached hydrogens (tertiary/aromatic N) is 3. The summed E-state index contributed by atoms with van der Waals surface area (Å²) in [7, 11) is 0. The zero-order valence-electron chi connectivity index (χ0n) is 15.0. The Bertz CT molecular complexity index is 496. The average Bonchev–Trinajstić information content (AvgIpc) is 2.82. The van der Waals surface area contributed by atoms with E-state index >= 15 is 0 Å². The van der Waals surface area contributed by atoms with Gasteiger partial charge in [-0.3, -0.25) is 0 Å². The first-order valence-corrected chi connectivity index (χ1v) is 8.89. The van der Waals surface area contributed by atoms with E-state index in [1.54, 1.807) is 0 Å². The van der Waals surface area contributed by atoms with Crippen LogP contribution in [0.15, 0.2) is 23.3 Å². The van der Waals surface area contributed by atoms with Crippen molar-refractivity contribution >= 4 is 35.8 Å². The molecule has 1 aliphatic rings. The summed E-state index contributed by atoms with van der Waals surface area (Å²) in [6.45, 7) is 8.11. The molecule has 1 aromatic heterocycles. The maximum absolute atomic E-state index is 5.92. The van der Waals surface area contributed by atoms with Crippen LogP contribution < -0.4 is 16.0 Å². The molecule has 5 nitrogen and oxygen atoms in total. The third-order valence-electron chi connectivity index (χ3n) is 4.20. The summed E-state index contributed by atoms with van der Waals surface area (Å²) in [6.07, 6.45) is 8.17. The van der Waals surface area contributed by atoms with Gasteiger partial charge in [0, 0.05) is 25.8 Å². The molecule has 1 fully saturated rings. The van der Waals surface area contributed by atoms with E-state index in [9.17, 15) is 0 Å². The van der Waals surface area contributed by atoms with Gasteiger partial charge in [0.15, 0.2) is 5.96 Å². The normalized spacial score (nSPS) is 15.8. The Labute approximate surface area is 163 Å². The number of halogens is 1. The summed E-state index contributed by atoms with van der Waals surface area (Å²) in [5.74, 6) is 2.27. The lowest BCUT2D eigenvalue weighted by Crippen LogP contribution is -2.32. The molecule has 0 bridgehead atoms. The number of guanidine groups is 1. The summed E-state index contributed by atoms with van der Waals surface area (Å²) in [5.41, 5.74) is 7.08. The van der Waals surface area contributed by atoms with Gasteiger partial charge in [-0.25, -0.2) is 9.98 Å². The number of nitrogens with one attached hydrogen (secondary N) is 1. The van der Waals surface area contributed by atoms with Crippen LogP contribution in [-0.2, 0) is 6.54 Å². The van der Waals surface area contributed by atoms with Gasteiger partial charge in [-0.1, -0.05) is 26.7 Å². The van der Waals surface area contributed by atoms with E-state index in [4.69, 9.17) is 5.73 Å². The predicted octanol–water partition coefficient (Wildman–Crippen LogP) is 3.53. The Morgan fingerprint density at radius 3 is 2.67 bits per heavy atom. The van der Waals surface area contributed by atoms with Crippen LogP contribution in [0.4, 0.5) is 5.82 Å². The van der Waals surface area contributed by atoms with Gasteiger partial charge < -0.3 is 16.0 Å². The molecule has 2 rings (SSSR count). The van der Waals surface area contributed by atoms with Crippen LogP contribution in [0.2, 0.25) is 0 Å². The minimum atomic E-state index is 0. The fourth-order valence-electron chi connectivity index (χ4n) is 2.75. The molecule has 3 N–H and O–H groups in total. The van der Waals surface area contributed by atoms with Gasteiger partial charge >= 0.3 is 0 Å². The third kappa shape index (κ3) is 7.68. The maximum Gasteiger partial charge on any atom is 0.188 e. The average molecular weight is 445 g/mol. The van der Waals surface area contributed by atoms with Crippen molar-refractivity contribution in [2.75, 3.05) is 24.5 Å². The quantitative estimate of drug-likeness (QED) is 0.400. The zero-order chi connectivity index (χ0) is 16.5. The second-order valence-electron chi connectivity index (χ2n) is 6.73. The molecule has 1 aliphatic heterocycles. The molecule has 0 radical (unpaired) electrons. The summed E-state index contributed by atoms with van der Waals surface area (Å²) in [4.78, 5) is 11.4. The first-order valence-electron chi connectivity index (χ1n) is 8.89. The lowest BCUT2D eigenvalue weighted by atomic mass is 10.1. The Morgan fingerprint density at radius 2 is 2.00 bits per heavy atom. The molecule has 2 heterocycles. The topological polar surface area (TPSA) is 66.5 Å². The smallest absolute Gasteiger partial charge is 0.188 e. The van der Waals surface area contributed by atoms with Crippen LogP contribution in [0.3, 0.4) is 0 Å². The minimum absolute atomic E-state index is 0. The van der Waals surface area contributed by atoms with Gasteiger partial charge in [-0.15, -0.1) is 24.0 Å². The van der Waals surface area contributed by atoms with Crippen molar-refractivity contribution < 1.29 is 0 Å². The summed E-state index contributed by atoms with van der Waals surface area (Å²) in [6, 6.07) is 4.17. The Morgan fingerprint density at radius 1 is 1.29 bits per heavy atom. The van der Waals surface area contributed by atoms with E-state index in [0.29, 0.717) is 18.4 Å². The van der Waals surface area contributed by atoms with Gasteiger partial charge in [0.2, 0.25) is 0 Å². The number of nitrogens with two attached hydrogens (primary N) is 1. The highest BCUT2D eigenvalue weighted by Crippen LogP contribution is 2.18. The molecule has 1 saturated heterocycles. The highest BCUT2D eigenvalue weighted by Gasteiger charge is 2.11. The van der Waals surface area contributed by atoms with E-state index in [2.05, 4.69) is 40.1 Å². The van der Waals surface area contributed by atoms with Crippen LogP contribution in [0.1, 0.15) is 51.5 Å². The van der Waals surface area contributed by atoms with Crippen LogP contribution in [0, 0.1) is 5.92 Å². The molecule has 0 aliphatic carbocycles. The standard InChI is InChI=1S/C18H31N5.HI/c1-15(2)7-9-21-18(19)22-14-16-8-10-20-17(13-16)23-11-5-3-4-6-12-23;/h8,10,13,15H,3-7,9,11-12,14H2,1-2H3,(H3,19,21,22);1H. The molecule has 0 unspecified atom stereocenters. The largest absolute Gasteiger partial charge is 0.370 e. The van der Waals surface area contributed by atoms with Gasteiger partial charge in [0.25, 0.3) is 0 Å². The third-order valence-corrected chi connectivity index (χ3v) is 4.20. The molecule has 6 heteroatoms. The maximum atomic E-state index is 5.92. The van der Waals surface area contributed by atoms with Gasteiger partial charge in [0.1, 0.15) is 5.82 Å². The summed E-state index contributed by atoms with van der Waals surface area (Å²) >= 11 is 0. The molecule has 1 aromatic rings. The number of aromatic nitrogens is 1. The fraction of sp³-hybridized carbons (Fsp3) is 0.667. The highest BCUT2D eigenvalue weighted by molar-refractivity contribution is 14.0. The van der Waals surface area contributed by atoms with E-state index in [1.807, 2.05) is 12.3 Å². The van der Waals surface area contributed by atoms with E-state index in [1.165, 1.54) is 25.7 Å². The molecule has 136 valence electrons. The van der Waals surface area contributed by atoms with E-state index in [-0.39, 0.29) is 24.0 Å². The molecular formula is C18H32IN5. The van der Waals surface area contributed by atoms with Crippen LogP contribution >= 0.6 is 24.0 Å². The molecule has 0 spiro atoms. The van der Waals surface area contributed by atoms with Crippen molar-refractivity contribution in [3.05, 3.63) is 23.9 Å². The SMILES string of the molecule is CC(C)CCNC(N)=NCc1ccnc(N2CCCCCC2)c1.I. The number of rotatable bonds is 6. The van der Waals surface area contributed by atoms with Crippen molar-refractivity contribution in [1.82, 2.24) is 10.3 Å². The number of anilines is 1. The van der Waals surface area contributed by atoms with Crippen molar-refractivity contribution in [3.8, 4) is 0 Å². The molecule has 0 atom stereocenters. The monoisotopic (exact) mass is 445 g/mol. The highest BCUT2D eigenvalue weighted by atomic mass is 127. The van der Waals surface area contributed by atoms with Gasteiger partial charge in [-0.05, 0) is 42.9 Å². The zero-order valence-corrected chi connectivity index (χ0v) is 17.3. The number of hydrogen-bond acceptors (Lipinski definition) is 3. The van der Waals surface area contributed by atoms with Crippen molar-refractivity contribution in [3.63, 3.8) is 0 Å². The molecular weight excluding hydrogens is 413 g/mol. The van der Waals surface area contributed by atoms with Crippen molar-refractivity contribution in [2.45, 2.75) is 52.5 Å². The number of aliphatic imine (C=N–C) groups is 1. The lowest BCUT2D eigenvalue weighted by molar-refractivity contribution is 0.576. The second kappa shape index (κ2) is 11.5. The fourth-order valence-corrected chi connectivity index (χ4v) is 2.75. The van der Waals surface area contributed by atoms with Gasteiger partial charge in [0.05, 0.1) is 6.54 Å². The summed E-state index contributed by atoms with van der Waals surface area (Å²) in [5, 5.41) is 3.17. The van der Waals surface area contributed by atoms with Crippen LogP contribution in [0.25, 0.3) is 0 Å². The van der Waals surface area contributed by atoms with Crippen LogP contribution in [-0.4, -0.2) is 30.6 Å². The molecule has 0 amide bonds. The Hall–Kier alpha value is -1.05. The lowest BCUT2D eigenvalue weighted by Gasteiger charge is -2.21. The predicted molar refractivity (Wildman–Crippen MR) is 113 cm³/mol. The Balaban J connectivity index is 0.00000288. The first kappa shape index (κ1) is 21.0. The molecule has 0 aromatic carbocycles. The summed E-state index contributed by atoms with van der Waals surface area (Å²) < 4.78 is 0. The van der Waals surface area contributed by atoms with Gasteiger partial charge in [-0.2, -0.15) is 0 Å². The van der Waals surface area contributed by atoms with Crippen molar-refractivity contribution in [1.29, 1.82) is 0 Å². The number of pyridine rings is 1. The van der Waals surface area contributed by atoms with E-state index < -0.39 is 0 Å². The first-order chi connectivity index (χ1) is 11.1.